The maximum Gasteiger partial charge on any atom is 0.252 e. The predicted molar refractivity (Wildman–Crippen MR) is 91.3 cm³/mol. The first-order chi connectivity index (χ1) is 8.58. The Balaban J connectivity index is 0.00000324. The fourth-order valence-electron chi connectivity index (χ4n) is 1.63. The van der Waals surface area contributed by atoms with Crippen molar-refractivity contribution in [1.82, 2.24) is 5.32 Å². The van der Waals surface area contributed by atoms with E-state index in [9.17, 15) is 4.79 Å². The zero-order valence-electron chi connectivity index (χ0n) is 10.8. The number of benzene rings is 1. The first-order valence-electron chi connectivity index (χ1n) is 6.04. The van der Waals surface area contributed by atoms with Crippen LogP contribution in [-0.4, -0.2) is 18.5 Å². The van der Waals surface area contributed by atoms with Gasteiger partial charge in [0, 0.05) is 21.2 Å². The number of amides is 1. The molecule has 1 amide bonds. The first-order valence-corrected chi connectivity index (χ1v) is 7.50. The molecule has 0 fully saturated rings. The molecule has 0 heterocycles. The van der Waals surface area contributed by atoms with E-state index < -0.39 is 0 Å². The lowest BCUT2D eigenvalue weighted by Crippen LogP contribution is -2.40. The highest BCUT2D eigenvalue weighted by molar-refractivity contribution is 14.1. The fourth-order valence-corrected chi connectivity index (χ4v) is 2.39. The summed E-state index contributed by atoms with van der Waals surface area (Å²) in [4.78, 5) is 12.1. The highest BCUT2D eigenvalue weighted by Gasteiger charge is 2.14. The molecule has 3 N–H and O–H groups in total. The number of carbonyl (C=O) groups excluding carboxylic acids is 1. The van der Waals surface area contributed by atoms with Crippen LogP contribution >= 0.6 is 46.6 Å². The number of halogens is 3. The molecule has 0 aliphatic heterocycles. The number of nitrogens with two attached hydrogens (primary N) is 1. The van der Waals surface area contributed by atoms with Crippen LogP contribution in [0.15, 0.2) is 18.2 Å². The van der Waals surface area contributed by atoms with Gasteiger partial charge in [-0.25, -0.2) is 0 Å². The summed E-state index contributed by atoms with van der Waals surface area (Å²) in [7, 11) is 0. The Labute approximate surface area is 139 Å². The van der Waals surface area contributed by atoms with Crippen molar-refractivity contribution < 1.29 is 4.79 Å². The largest absolute Gasteiger partial charge is 0.348 e. The molecule has 1 aromatic rings. The van der Waals surface area contributed by atoms with E-state index in [1.807, 2.05) is 6.07 Å². The molecule has 1 atom stereocenters. The highest BCUT2D eigenvalue weighted by atomic mass is 127. The van der Waals surface area contributed by atoms with Crippen LogP contribution in [0.25, 0.3) is 0 Å². The van der Waals surface area contributed by atoms with Crippen molar-refractivity contribution in [2.75, 3.05) is 6.54 Å². The van der Waals surface area contributed by atoms with Crippen molar-refractivity contribution in [3.05, 3.63) is 32.4 Å². The van der Waals surface area contributed by atoms with Gasteiger partial charge in [0.1, 0.15) is 0 Å². The molecule has 0 aliphatic rings. The minimum Gasteiger partial charge on any atom is -0.348 e. The lowest BCUT2D eigenvalue weighted by molar-refractivity contribution is 0.0935. The minimum absolute atomic E-state index is 0. The lowest BCUT2D eigenvalue weighted by atomic mass is 10.1. The van der Waals surface area contributed by atoms with Crippen LogP contribution in [0.3, 0.4) is 0 Å². The van der Waals surface area contributed by atoms with Gasteiger partial charge in [-0.1, -0.05) is 31.4 Å². The monoisotopic (exact) mass is 416 g/mol. The Kier molecular flexibility index (Phi) is 9.78. The standard InChI is InChI=1S/C13H18ClIN2O.ClH/c1-2-3-4-10(8-16)17-13(18)11-7-9(14)5-6-12(11)15;/h5-7,10H,2-4,8,16H2,1H3,(H,17,18);1H. The second-order valence-electron chi connectivity index (χ2n) is 4.17. The molecule has 6 heteroatoms. The van der Waals surface area contributed by atoms with Crippen LogP contribution < -0.4 is 11.1 Å². The molecule has 19 heavy (non-hydrogen) atoms. The highest BCUT2D eigenvalue weighted by Crippen LogP contribution is 2.18. The topological polar surface area (TPSA) is 55.1 Å². The Bertz CT molecular complexity index is 416. The third-order valence-corrected chi connectivity index (χ3v) is 3.87. The number of rotatable bonds is 6. The molecular formula is C13H19Cl2IN2O. The molecule has 0 aliphatic carbocycles. The van der Waals surface area contributed by atoms with Crippen molar-refractivity contribution >= 4 is 52.5 Å². The molecule has 0 spiro atoms. The zero-order valence-corrected chi connectivity index (χ0v) is 14.5. The van der Waals surface area contributed by atoms with Gasteiger partial charge >= 0.3 is 0 Å². The number of unbranched alkanes of at least 4 members (excludes halogenated alkanes) is 1. The van der Waals surface area contributed by atoms with Crippen molar-refractivity contribution in [1.29, 1.82) is 0 Å². The van der Waals surface area contributed by atoms with E-state index in [0.717, 1.165) is 22.8 Å². The van der Waals surface area contributed by atoms with Crippen molar-refractivity contribution in [2.24, 2.45) is 5.73 Å². The maximum absolute atomic E-state index is 12.1. The average molecular weight is 417 g/mol. The maximum atomic E-state index is 12.1. The molecule has 0 aromatic heterocycles. The van der Waals surface area contributed by atoms with Crippen molar-refractivity contribution in [3.63, 3.8) is 0 Å². The molecule has 108 valence electrons. The number of carbonyl (C=O) groups is 1. The summed E-state index contributed by atoms with van der Waals surface area (Å²) in [5.74, 6) is -0.103. The summed E-state index contributed by atoms with van der Waals surface area (Å²) in [6, 6.07) is 5.33. The van der Waals surface area contributed by atoms with E-state index in [4.69, 9.17) is 17.3 Å². The van der Waals surface area contributed by atoms with Crippen molar-refractivity contribution in [3.8, 4) is 0 Å². The van der Waals surface area contributed by atoms with Gasteiger partial charge in [0.05, 0.1) is 5.56 Å². The summed E-state index contributed by atoms with van der Waals surface area (Å²) in [5.41, 5.74) is 6.27. The van der Waals surface area contributed by atoms with Gasteiger partial charge in [0.25, 0.3) is 5.91 Å². The molecule has 0 bridgehead atoms. The number of hydrogen-bond donors (Lipinski definition) is 2. The van der Waals surface area contributed by atoms with Crippen LogP contribution in [0.2, 0.25) is 5.02 Å². The summed E-state index contributed by atoms with van der Waals surface area (Å²) in [6.45, 7) is 2.58. The fraction of sp³-hybridized carbons (Fsp3) is 0.462. The van der Waals surface area contributed by atoms with Gasteiger partial charge in [-0.15, -0.1) is 12.4 Å². The Morgan fingerprint density at radius 3 is 2.79 bits per heavy atom. The van der Waals surface area contributed by atoms with Crippen LogP contribution in [0.5, 0.6) is 0 Å². The van der Waals surface area contributed by atoms with Gasteiger partial charge < -0.3 is 11.1 Å². The third-order valence-electron chi connectivity index (χ3n) is 2.70. The summed E-state index contributed by atoms with van der Waals surface area (Å²) in [6.07, 6.45) is 3.08. The van der Waals surface area contributed by atoms with Gasteiger partial charge in [-0.3, -0.25) is 4.79 Å². The SMILES string of the molecule is CCCCC(CN)NC(=O)c1cc(Cl)ccc1I.Cl. The second kappa shape index (κ2) is 9.80. The van der Waals surface area contributed by atoms with E-state index in [0.29, 0.717) is 17.1 Å². The van der Waals surface area contributed by atoms with Crippen LogP contribution in [0.1, 0.15) is 36.5 Å². The predicted octanol–water partition coefficient (Wildman–Crippen LogP) is 3.61. The van der Waals surface area contributed by atoms with E-state index in [1.165, 1.54) is 0 Å². The molecule has 0 radical (unpaired) electrons. The lowest BCUT2D eigenvalue weighted by Gasteiger charge is -2.17. The van der Waals surface area contributed by atoms with Crippen LogP contribution in [0, 0.1) is 3.57 Å². The second-order valence-corrected chi connectivity index (χ2v) is 5.77. The molecule has 1 rings (SSSR count). The molecule has 0 saturated heterocycles. The van der Waals surface area contributed by atoms with Gasteiger partial charge in [-0.2, -0.15) is 0 Å². The molecule has 0 saturated carbocycles. The van der Waals surface area contributed by atoms with Crippen LogP contribution in [0.4, 0.5) is 0 Å². The first kappa shape index (κ1) is 19.0. The van der Waals surface area contributed by atoms with E-state index in [-0.39, 0.29) is 24.4 Å². The number of hydrogen-bond acceptors (Lipinski definition) is 2. The van der Waals surface area contributed by atoms with Gasteiger partial charge in [0.2, 0.25) is 0 Å². The average Bonchev–Trinajstić information content (AvgIpc) is 2.37. The molecule has 3 nitrogen and oxygen atoms in total. The smallest absolute Gasteiger partial charge is 0.252 e. The Morgan fingerprint density at radius 2 is 2.21 bits per heavy atom. The van der Waals surface area contributed by atoms with Gasteiger partial charge in [-0.05, 0) is 47.2 Å². The van der Waals surface area contributed by atoms with Crippen LogP contribution in [-0.2, 0) is 0 Å². The van der Waals surface area contributed by atoms with Gasteiger partial charge in [0.15, 0.2) is 0 Å². The normalized spacial score (nSPS) is 11.6. The van der Waals surface area contributed by atoms with Crippen molar-refractivity contribution in [2.45, 2.75) is 32.2 Å². The zero-order chi connectivity index (χ0) is 13.5. The minimum atomic E-state index is -0.103. The molecule has 1 aromatic carbocycles. The summed E-state index contributed by atoms with van der Waals surface area (Å²) >= 11 is 8.04. The molecular weight excluding hydrogens is 398 g/mol. The summed E-state index contributed by atoms with van der Waals surface area (Å²) < 4.78 is 0.890. The summed E-state index contributed by atoms with van der Waals surface area (Å²) in [5, 5.41) is 3.53. The number of nitrogens with one attached hydrogen (secondary N) is 1. The van der Waals surface area contributed by atoms with E-state index in [1.54, 1.807) is 12.1 Å². The third kappa shape index (κ3) is 6.29. The Hall–Kier alpha value is -0.0400. The quantitative estimate of drug-likeness (QED) is 0.696. The van der Waals surface area contributed by atoms with E-state index in [2.05, 4.69) is 34.8 Å². The Morgan fingerprint density at radius 1 is 1.53 bits per heavy atom. The van der Waals surface area contributed by atoms with E-state index >= 15 is 0 Å². The molecule has 1 unspecified atom stereocenters.